The second-order valence-electron chi connectivity index (χ2n) is 5.98. The topological polar surface area (TPSA) is 30.5 Å². The predicted octanol–water partition coefficient (Wildman–Crippen LogP) is 3.48. The molecule has 0 saturated heterocycles. The van der Waals surface area contributed by atoms with Crippen LogP contribution in [-0.2, 0) is 15.9 Å². The van der Waals surface area contributed by atoms with Gasteiger partial charge in [0.2, 0.25) is 0 Å². The van der Waals surface area contributed by atoms with Crippen molar-refractivity contribution in [2.24, 2.45) is 0 Å². The zero-order valence-corrected chi connectivity index (χ0v) is 13.8. The lowest BCUT2D eigenvalue weighted by Crippen LogP contribution is -2.50. The zero-order valence-electron chi connectivity index (χ0n) is 13.8. The summed E-state index contributed by atoms with van der Waals surface area (Å²) in [5, 5.41) is 3.45. The summed E-state index contributed by atoms with van der Waals surface area (Å²) in [5.74, 6) is 0. The van der Waals surface area contributed by atoms with Gasteiger partial charge >= 0.3 is 0 Å². The number of hydrogen-bond donors (Lipinski definition) is 1. The average molecular weight is 291 g/mol. The first-order valence-electron chi connectivity index (χ1n) is 8.15. The van der Waals surface area contributed by atoms with E-state index in [4.69, 9.17) is 9.47 Å². The number of likely N-dealkylation sites (N-methyl/N-ethyl adjacent to an activating group) is 1. The van der Waals surface area contributed by atoms with Crippen molar-refractivity contribution < 1.29 is 9.47 Å². The van der Waals surface area contributed by atoms with Crippen molar-refractivity contribution >= 4 is 0 Å². The molecule has 0 aromatic heterocycles. The highest BCUT2D eigenvalue weighted by molar-refractivity contribution is 5.31. The molecule has 3 nitrogen and oxygen atoms in total. The standard InChI is InChI=1S/C18H29NO2/c1-5-18(3,21-6-2)17(19-4)13-16-15-10-8-7-9-14(15)11-12-20-16/h7-10,16-17,19H,5-6,11-13H2,1-4H3. The van der Waals surface area contributed by atoms with Crippen LogP contribution in [0.4, 0.5) is 0 Å². The quantitative estimate of drug-likeness (QED) is 0.834. The van der Waals surface area contributed by atoms with Gasteiger partial charge in [-0.3, -0.25) is 0 Å². The normalized spacial score (nSPS) is 22.4. The highest BCUT2D eigenvalue weighted by Gasteiger charge is 2.35. The molecule has 3 unspecified atom stereocenters. The van der Waals surface area contributed by atoms with Gasteiger partial charge in [-0.25, -0.2) is 0 Å². The Hall–Kier alpha value is -0.900. The van der Waals surface area contributed by atoms with Crippen molar-refractivity contribution in [3.8, 4) is 0 Å². The van der Waals surface area contributed by atoms with Crippen LogP contribution in [-0.4, -0.2) is 31.9 Å². The van der Waals surface area contributed by atoms with Crippen LogP contribution >= 0.6 is 0 Å². The molecule has 0 amide bonds. The van der Waals surface area contributed by atoms with Gasteiger partial charge in [-0.15, -0.1) is 0 Å². The van der Waals surface area contributed by atoms with Crippen molar-refractivity contribution in [2.45, 2.75) is 57.8 Å². The molecule has 0 bridgehead atoms. The fourth-order valence-corrected chi connectivity index (χ4v) is 3.34. The van der Waals surface area contributed by atoms with Crippen molar-refractivity contribution in [3.05, 3.63) is 35.4 Å². The molecule has 3 heteroatoms. The minimum Gasteiger partial charge on any atom is -0.374 e. The van der Waals surface area contributed by atoms with Gasteiger partial charge in [-0.2, -0.15) is 0 Å². The highest BCUT2D eigenvalue weighted by atomic mass is 16.5. The van der Waals surface area contributed by atoms with Crippen molar-refractivity contribution in [3.63, 3.8) is 0 Å². The van der Waals surface area contributed by atoms with Crippen LogP contribution in [0.2, 0.25) is 0 Å². The monoisotopic (exact) mass is 291 g/mol. The van der Waals surface area contributed by atoms with Crippen LogP contribution in [0.15, 0.2) is 24.3 Å². The molecule has 3 atom stereocenters. The first kappa shape index (κ1) is 16.5. The van der Waals surface area contributed by atoms with E-state index in [9.17, 15) is 0 Å². The van der Waals surface area contributed by atoms with Crippen LogP contribution in [0.25, 0.3) is 0 Å². The third kappa shape index (κ3) is 3.65. The van der Waals surface area contributed by atoms with Crippen LogP contribution < -0.4 is 5.32 Å². The lowest BCUT2D eigenvalue weighted by Gasteiger charge is -2.39. The second-order valence-corrected chi connectivity index (χ2v) is 5.98. The fraction of sp³-hybridized carbons (Fsp3) is 0.667. The molecule has 0 fully saturated rings. The third-order valence-electron chi connectivity index (χ3n) is 4.80. The fourth-order valence-electron chi connectivity index (χ4n) is 3.34. The largest absolute Gasteiger partial charge is 0.374 e. The Bertz CT molecular complexity index is 449. The van der Waals surface area contributed by atoms with Gasteiger partial charge in [0.05, 0.1) is 18.3 Å². The lowest BCUT2D eigenvalue weighted by molar-refractivity contribution is -0.0714. The Kier molecular flexibility index (Phi) is 5.80. The molecule has 0 aliphatic carbocycles. The second kappa shape index (κ2) is 7.39. The first-order chi connectivity index (χ1) is 10.1. The van der Waals surface area contributed by atoms with Gasteiger partial charge in [-0.05, 0) is 51.3 Å². The lowest BCUT2D eigenvalue weighted by atomic mass is 9.85. The smallest absolute Gasteiger partial charge is 0.0843 e. The molecule has 1 aliphatic rings. The summed E-state index contributed by atoms with van der Waals surface area (Å²) >= 11 is 0. The molecular weight excluding hydrogens is 262 g/mol. The first-order valence-corrected chi connectivity index (χ1v) is 8.15. The van der Waals surface area contributed by atoms with Gasteiger partial charge in [0.25, 0.3) is 0 Å². The van der Waals surface area contributed by atoms with Gasteiger partial charge < -0.3 is 14.8 Å². The number of fused-ring (bicyclic) bond motifs is 1. The molecule has 2 rings (SSSR count). The van der Waals surface area contributed by atoms with E-state index < -0.39 is 0 Å². The molecule has 1 aromatic rings. The van der Waals surface area contributed by atoms with Crippen LogP contribution in [0.5, 0.6) is 0 Å². The Morgan fingerprint density at radius 1 is 1.38 bits per heavy atom. The number of nitrogens with one attached hydrogen (secondary N) is 1. The maximum Gasteiger partial charge on any atom is 0.0843 e. The zero-order chi connectivity index (χ0) is 15.3. The molecular formula is C18H29NO2. The molecule has 1 aromatic carbocycles. The average Bonchev–Trinajstić information content (AvgIpc) is 2.52. The predicted molar refractivity (Wildman–Crippen MR) is 86.6 cm³/mol. The molecule has 0 saturated carbocycles. The Morgan fingerprint density at radius 3 is 2.81 bits per heavy atom. The van der Waals surface area contributed by atoms with E-state index in [-0.39, 0.29) is 17.7 Å². The summed E-state index contributed by atoms with van der Waals surface area (Å²) in [6, 6.07) is 8.93. The van der Waals surface area contributed by atoms with Crippen molar-refractivity contribution in [2.75, 3.05) is 20.3 Å². The molecule has 1 aliphatic heterocycles. The highest BCUT2D eigenvalue weighted by Crippen LogP contribution is 2.34. The van der Waals surface area contributed by atoms with Crippen molar-refractivity contribution in [1.82, 2.24) is 5.32 Å². The molecule has 1 N–H and O–H groups in total. The molecule has 21 heavy (non-hydrogen) atoms. The number of rotatable bonds is 7. The minimum absolute atomic E-state index is 0.154. The molecule has 0 spiro atoms. The van der Waals surface area contributed by atoms with Gasteiger partial charge in [0.15, 0.2) is 0 Å². The molecule has 118 valence electrons. The van der Waals surface area contributed by atoms with Crippen LogP contribution in [0.1, 0.15) is 50.8 Å². The summed E-state index contributed by atoms with van der Waals surface area (Å²) in [6.45, 7) is 8.01. The van der Waals surface area contributed by atoms with Gasteiger partial charge in [-0.1, -0.05) is 31.2 Å². The maximum atomic E-state index is 6.06. The molecule has 0 radical (unpaired) electrons. The number of ether oxygens (including phenoxy) is 2. The van der Waals surface area contributed by atoms with Crippen LogP contribution in [0.3, 0.4) is 0 Å². The summed E-state index contributed by atoms with van der Waals surface area (Å²) in [7, 11) is 2.02. The van der Waals surface area contributed by atoms with E-state index in [1.807, 2.05) is 7.05 Å². The van der Waals surface area contributed by atoms with E-state index in [0.29, 0.717) is 0 Å². The van der Waals surface area contributed by atoms with E-state index >= 15 is 0 Å². The van der Waals surface area contributed by atoms with E-state index in [1.165, 1.54) is 11.1 Å². The van der Waals surface area contributed by atoms with Crippen LogP contribution in [0, 0.1) is 0 Å². The number of hydrogen-bond acceptors (Lipinski definition) is 3. The summed E-state index contributed by atoms with van der Waals surface area (Å²) in [6.07, 6.45) is 3.12. The third-order valence-corrected chi connectivity index (χ3v) is 4.80. The SMILES string of the molecule is CCOC(C)(CC)C(CC1OCCc2ccccc21)NC. The van der Waals surface area contributed by atoms with E-state index in [1.54, 1.807) is 0 Å². The summed E-state index contributed by atoms with van der Waals surface area (Å²) < 4.78 is 12.1. The molecule has 1 heterocycles. The Balaban J connectivity index is 2.16. The van der Waals surface area contributed by atoms with E-state index in [0.717, 1.165) is 32.5 Å². The summed E-state index contributed by atoms with van der Waals surface area (Å²) in [4.78, 5) is 0. The van der Waals surface area contributed by atoms with Crippen molar-refractivity contribution in [1.29, 1.82) is 0 Å². The minimum atomic E-state index is -0.154. The Morgan fingerprint density at radius 2 is 2.14 bits per heavy atom. The van der Waals surface area contributed by atoms with E-state index in [2.05, 4.69) is 50.4 Å². The summed E-state index contributed by atoms with van der Waals surface area (Å²) in [5.41, 5.74) is 2.62. The number of benzene rings is 1. The van der Waals surface area contributed by atoms with Gasteiger partial charge in [0.1, 0.15) is 0 Å². The maximum absolute atomic E-state index is 6.06. The Labute approximate surface area is 129 Å². The van der Waals surface area contributed by atoms with Gasteiger partial charge in [0, 0.05) is 12.6 Å².